The highest BCUT2D eigenvalue weighted by Gasteiger charge is 2.18. The number of halogens is 1. The first kappa shape index (κ1) is 11.8. The Morgan fingerprint density at radius 3 is 2.35 bits per heavy atom. The summed E-state index contributed by atoms with van der Waals surface area (Å²) in [5.74, 6) is 0. The van der Waals surface area contributed by atoms with Crippen LogP contribution in [0.2, 0.25) is 5.02 Å². The normalized spacial score (nSPS) is 11.4. The van der Waals surface area contributed by atoms with Crippen LogP contribution >= 0.6 is 11.6 Å². The maximum Gasteiger partial charge on any atom is 0.286 e. The minimum absolute atomic E-state index is 0.0392. The number of nitrogens with zero attached hydrogens (tertiary/aromatic N) is 2. The quantitative estimate of drug-likeness (QED) is 0.820. The Balaban J connectivity index is 2.62. The molecule has 0 unspecified atom stereocenters. The van der Waals surface area contributed by atoms with Crippen LogP contribution in [0.5, 0.6) is 0 Å². The summed E-state index contributed by atoms with van der Waals surface area (Å²) in [6, 6.07) is 8.00. The van der Waals surface area contributed by atoms with Gasteiger partial charge in [0.05, 0.1) is 4.90 Å². The fraction of sp³-hybridized carbons (Fsp3) is 0. The largest absolute Gasteiger partial charge is 0.286 e. The van der Waals surface area contributed by atoms with E-state index in [1.165, 1.54) is 36.5 Å². The van der Waals surface area contributed by atoms with Crippen molar-refractivity contribution in [1.82, 2.24) is 9.19 Å². The second kappa shape index (κ2) is 4.31. The third-order valence-electron chi connectivity index (χ3n) is 2.02. The molecule has 1 aromatic carbocycles. The fourth-order valence-corrected chi connectivity index (χ4v) is 2.51. The van der Waals surface area contributed by atoms with Gasteiger partial charge >= 0.3 is 0 Å². The second-order valence-electron chi connectivity index (χ2n) is 3.16. The van der Waals surface area contributed by atoms with Crippen molar-refractivity contribution in [1.29, 1.82) is 0 Å². The molecule has 0 bridgehead atoms. The molecule has 5 nitrogen and oxygen atoms in total. The summed E-state index contributed by atoms with van der Waals surface area (Å²) < 4.78 is 24.5. The van der Waals surface area contributed by atoms with Gasteiger partial charge in [-0.25, -0.2) is 0 Å². The SMILES string of the molecule is O=c1cccnn1S(=O)(=O)c1ccc(Cl)cc1. The molecule has 0 amide bonds. The molecule has 2 aromatic rings. The highest BCUT2D eigenvalue weighted by atomic mass is 35.5. The average Bonchev–Trinajstić information content (AvgIpc) is 2.30. The number of rotatable bonds is 2. The lowest BCUT2D eigenvalue weighted by atomic mass is 10.4. The summed E-state index contributed by atoms with van der Waals surface area (Å²) in [5, 5.41) is 3.95. The monoisotopic (exact) mass is 270 g/mol. The van der Waals surface area contributed by atoms with Gasteiger partial charge in [0.1, 0.15) is 0 Å². The summed E-state index contributed by atoms with van der Waals surface area (Å²) in [5.41, 5.74) is -0.706. The van der Waals surface area contributed by atoms with E-state index >= 15 is 0 Å². The molecule has 0 aliphatic carbocycles. The fourth-order valence-electron chi connectivity index (χ4n) is 1.23. The van der Waals surface area contributed by atoms with Gasteiger partial charge < -0.3 is 0 Å². The van der Waals surface area contributed by atoms with Crippen LogP contribution in [0.3, 0.4) is 0 Å². The molecule has 7 heteroatoms. The van der Waals surface area contributed by atoms with Crippen LogP contribution in [0.1, 0.15) is 0 Å². The molecule has 0 aliphatic heterocycles. The smallest absolute Gasteiger partial charge is 0.267 e. The molecule has 0 spiro atoms. The molecular formula is C10H7ClN2O3S. The van der Waals surface area contributed by atoms with Crippen molar-refractivity contribution >= 4 is 21.6 Å². The summed E-state index contributed by atoms with van der Waals surface area (Å²) in [7, 11) is -3.95. The Kier molecular flexibility index (Phi) is 2.99. The van der Waals surface area contributed by atoms with Crippen molar-refractivity contribution < 1.29 is 8.42 Å². The lowest BCUT2D eigenvalue weighted by molar-refractivity contribution is 0.575. The Morgan fingerprint density at radius 1 is 1.12 bits per heavy atom. The number of benzene rings is 1. The Morgan fingerprint density at radius 2 is 1.76 bits per heavy atom. The van der Waals surface area contributed by atoms with E-state index in [9.17, 15) is 13.2 Å². The van der Waals surface area contributed by atoms with Crippen molar-refractivity contribution in [3.05, 3.63) is 58.0 Å². The lowest BCUT2D eigenvalue weighted by Crippen LogP contribution is -2.28. The third-order valence-corrected chi connectivity index (χ3v) is 3.87. The molecule has 0 radical (unpaired) electrons. The molecule has 0 fully saturated rings. The first-order valence-corrected chi connectivity index (χ1v) is 6.39. The van der Waals surface area contributed by atoms with E-state index in [0.717, 1.165) is 6.07 Å². The predicted molar refractivity (Wildman–Crippen MR) is 62.5 cm³/mol. The molecule has 0 atom stereocenters. The molecule has 1 heterocycles. The van der Waals surface area contributed by atoms with E-state index in [2.05, 4.69) is 5.10 Å². The predicted octanol–water partition coefficient (Wildman–Crippen LogP) is 1.13. The van der Waals surface area contributed by atoms with Gasteiger partial charge in [0.15, 0.2) is 0 Å². The molecule has 0 saturated heterocycles. The van der Waals surface area contributed by atoms with Crippen molar-refractivity contribution in [2.45, 2.75) is 4.90 Å². The van der Waals surface area contributed by atoms with Crippen molar-refractivity contribution in [2.24, 2.45) is 0 Å². The van der Waals surface area contributed by atoms with Crippen molar-refractivity contribution in [2.75, 3.05) is 0 Å². The maximum atomic E-state index is 12.0. The summed E-state index contributed by atoms with van der Waals surface area (Å²) in [6.07, 6.45) is 1.23. The van der Waals surface area contributed by atoms with E-state index < -0.39 is 15.6 Å². The Bertz CT molecular complexity index is 692. The van der Waals surface area contributed by atoms with Gasteiger partial charge in [-0.3, -0.25) is 4.79 Å². The molecule has 1 aromatic heterocycles. The van der Waals surface area contributed by atoms with Gasteiger partial charge in [-0.15, -0.1) is 4.09 Å². The summed E-state index contributed by atoms with van der Waals surface area (Å²) in [6.45, 7) is 0. The molecule has 0 N–H and O–H groups in total. The number of aromatic nitrogens is 2. The molecular weight excluding hydrogens is 264 g/mol. The number of hydrogen-bond donors (Lipinski definition) is 0. The van der Waals surface area contributed by atoms with Gasteiger partial charge in [0.2, 0.25) is 0 Å². The van der Waals surface area contributed by atoms with E-state index in [0.29, 0.717) is 9.11 Å². The van der Waals surface area contributed by atoms with Gasteiger partial charge in [0, 0.05) is 17.3 Å². The van der Waals surface area contributed by atoms with E-state index in [-0.39, 0.29) is 4.90 Å². The van der Waals surface area contributed by atoms with Crippen molar-refractivity contribution in [3.63, 3.8) is 0 Å². The zero-order valence-corrected chi connectivity index (χ0v) is 10.0. The van der Waals surface area contributed by atoms with Gasteiger partial charge in [0.25, 0.3) is 15.6 Å². The third kappa shape index (κ3) is 2.22. The minimum Gasteiger partial charge on any atom is -0.267 e. The zero-order chi connectivity index (χ0) is 12.5. The van der Waals surface area contributed by atoms with Crippen LogP contribution in [0.4, 0.5) is 0 Å². The summed E-state index contributed by atoms with van der Waals surface area (Å²) >= 11 is 5.66. The highest BCUT2D eigenvalue weighted by molar-refractivity contribution is 7.89. The molecule has 88 valence electrons. The van der Waals surface area contributed by atoms with Crippen molar-refractivity contribution in [3.8, 4) is 0 Å². The Hall–Kier alpha value is -1.66. The molecule has 17 heavy (non-hydrogen) atoms. The first-order valence-electron chi connectivity index (χ1n) is 4.57. The lowest BCUT2D eigenvalue weighted by Gasteiger charge is -2.05. The standard InChI is InChI=1S/C10H7ClN2O3S/c11-8-3-5-9(6-4-8)17(15,16)13-10(14)2-1-7-12-13/h1-7H. The average molecular weight is 271 g/mol. The zero-order valence-electron chi connectivity index (χ0n) is 8.45. The van der Waals surface area contributed by atoms with Gasteiger partial charge in [-0.1, -0.05) is 11.6 Å². The van der Waals surface area contributed by atoms with E-state index in [1.807, 2.05) is 0 Å². The maximum absolute atomic E-state index is 12.0. The van der Waals surface area contributed by atoms with Crippen LogP contribution in [-0.2, 0) is 10.0 Å². The van der Waals surface area contributed by atoms with Crippen LogP contribution in [0.15, 0.2) is 52.3 Å². The Labute approximate surface area is 102 Å². The van der Waals surface area contributed by atoms with E-state index in [1.54, 1.807) is 0 Å². The van der Waals surface area contributed by atoms with E-state index in [4.69, 9.17) is 11.6 Å². The molecule has 2 rings (SSSR count). The molecule has 0 aliphatic rings. The van der Waals surface area contributed by atoms with Gasteiger partial charge in [-0.2, -0.15) is 13.5 Å². The first-order chi connectivity index (χ1) is 8.01. The van der Waals surface area contributed by atoms with Crippen LogP contribution in [0.25, 0.3) is 0 Å². The summed E-state index contributed by atoms with van der Waals surface area (Å²) in [4.78, 5) is 11.4. The minimum atomic E-state index is -3.95. The van der Waals surface area contributed by atoms with Gasteiger partial charge in [-0.05, 0) is 30.3 Å². The second-order valence-corrected chi connectivity index (χ2v) is 5.37. The number of hydrogen-bond acceptors (Lipinski definition) is 4. The van der Waals surface area contributed by atoms with Crippen LogP contribution < -0.4 is 5.56 Å². The van der Waals surface area contributed by atoms with Crippen LogP contribution in [0, 0.1) is 0 Å². The van der Waals surface area contributed by atoms with Crippen LogP contribution in [-0.4, -0.2) is 17.6 Å². The topological polar surface area (TPSA) is 69.0 Å². The highest BCUT2D eigenvalue weighted by Crippen LogP contribution is 2.15. The molecule has 0 saturated carbocycles.